The molecule has 1 aromatic heterocycles. The van der Waals surface area contributed by atoms with Crippen LogP contribution in [0.5, 0.6) is 0 Å². The van der Waals surface area contributed by atoms with Gasteiger partial charge in [0, 0.05) is 0 Å². The number of imide groups is 1. The van der Waals surface area contributed by atoms with Gasteiger partial charge in [0.25, 0.3) is 11.8 Å². The van der Waals surface area contributed by atoms with Crippen LogP contribution in [-0.4, -0.2) is 41.9 Å². The number of aryl methyl sites for hydroxylation is 1. The first kappa shape index (κ1) is 20.1. The molecule has 9 heteroatoms. The Morgan fingerprint density at radius 3 is 2.59 bits per heavy atom. The summed E-state index contributed by atoms with van der Waals surface area (Å²) in [6.07, 6.45) is 1.48. The van der Waals surface area contributed by atoms with Crippen LogP contribution in [0.4, 0.5) is 4.79 Å². The van der Waals surface area contributed by atoms with E-state index >= 15 is 0 Å². The average molecular weight is 399 g/mol. The second-order valence-corrected chi connectivity index (χ2v) is 6.83. The number of urea groups is 1. The standard InChI is InChI=1S/C20H21N3O6/c1-13-5-7-14(8-6-13)20(2)18(26)23(19(27)22-20)11-17(25)29-12-16(24)21-10-15-4-3-9-28-15/h3-9H,10-12H2,1-2H3,(H,21,24)(H,22,27)/t20-/m0/s1. The fourth-order valence-corrected chi connectivity index (χ4v) is 2.89. The summed E-state index contributed by atoms with van der Waals surface area (Å²) in [5.74, 6) is -1.41. The van der Waals surface area contributed by atoms with Crippen LogP contribution in [0.1, 0.15) is 23.8 Å². The number of carbonyl (C=O) groups is 4. The van der Waals surface area contributed by atoms with Crippen molar-refractivity contribution in [2.75, 3.05) is 13.2 Å². The van der Waals surface area contributed by atoms with Gasteiger partial charge >= 0.3 is 12.0 Å². The van der Waals surface area contributed by atoms with Crippen molar-refractivity contribution in [3.8, 4) is 0 Å². The van der Waals surface area contributed by atoms with E-state index in [2.05, 4.69) is 10.6 Å². The first-order valence-electron chi connectivity index (χ1n) is 8.95. The third-order valence-corrected chi connectivity index (χ3v) is 4.60. The summed E-state index contributed by atoms with van der Waals surface area (Å²) in [5.41, 5.74) is 0.348. The van der Waals surface area contributed by atoms with Gasteiger partial charge in [-0.05, 0) is 31.5 Å². The number of esters is 1. The first-order valence-corrected chi connectivity index (χ1v) is 8.95. The number of rotatable bonds is 7. The lowest BCUT2D eigenvalue weighted by Gasteiger charge is -2.22. The van der Waals surface area contributed by atoms with Crippen molar-refractivity contribution in [1.82, 2.24) is 15.5 Å². The molecule has 152 valence electrons. The lowest BCUT2D eigenvalue weighted by atomic mass is 9.91. The third-order valence-electron chi connectivity index (χ3n) is 4.60. The van der Waals surface area contributed by atoms with Gasteiger partial charge in [-0.15, -0.1) is 0 Å². The van der Waals surface area contributed by atoms with Crippen molar-refractivity contribution in [2.24, 2.45) is 0 Å². The van der Waals surface area contributed by atoms with Gasteiger partial charge in [-0.3, -0.25) is 19.3 Å². The topological polar surface area (TPSA) is 118 Å². The van der Waals surface area contributed by atoms with Crippen LogP contribution >= 0.6 is 0 Å². The molecule has 29 heavy (non-hydrogen) atoms. The molecule has 1 aliphatic heterocycles. The first-order chi connectivity index (χ1) is 13.8. The van der Waals surface area contributed by atoms with E-state index in [1.807, 2.05) is 19.1 Å². The van der Waals surface area contributed by atoms with Gasteiger partial charge in [0.2, 0.25) is 0 Å². The molecule has 0 spiro atoms. The third kappa shape index (κ3) is 4.45. The average Bonchev–Trinajstić information content (AvgIpc) is 3.28. The molecule has 4 amide bonds. The van der Waals surface area contributed by atoms with Crippen molar-refractivity contribution in [3.63, 3.8) is 0 Å². The summed E-state index contributed by atoms with van der Waals surface area (Å²) >= 11 is 0. The summed E-state index contributed by atoms with van der Waals surface area (Å²) < 4.78 is 9.94. The molecule has 0 unspecified atom stereocenters. The van der Waals surface area contributed by atoms with E-state index in [4.69, 9.17) is 9.15 Å². The van der Waals surface area contributed by atoms with E-state index in [1.54, 1.807) is 31.2 Å². The van der Waals surface area contributed by atoms with Crippen molar-refractivity contribution < 1.29 is 28.3 Å². The van der Waals surface area contributed by atoms with Crippen molar-refractivity contribution >= 4 is 23.8 Å². The molecule has 9 nitrogen and oxygen atoms in total. The second-order valence-electron chi connectivity index (χ2n) is 6.83. The predicted molar refractivity (Wildman–Crippen MR) is 100 cm³/mol. The van der Waals surface area contributed by atoms with Gasteiger partial charge in [0.15, 0.2) is 6.61 Å². The molecule has 0 bridgehead atoms. The number of benzene rings is 1. The fraction of sp³-hybridized carbons (Fsp3) is 0.300. The monoisotopic (exact) mass is 399 g/mol. The van der Waals surface area contributed by atoms with Gasteiger partial charge in [-0.2, -0.15) is 0 Å². The molecule has 2 heterocycles. The molecule has 0 radical (unpaired) electrons. The van der Waals surface area contributed by atoms with Crippen molar-refractivity contribution in [3.05, 3.63) is 59.5 Å². The van der Waals surface area contributed by atoms with Gasteiger partial charge in [-0.25, -0.2) is 4.79 Å². The zero-order chi connectivity index (χ0) is 21.0. The lowest BCUT2D eigenvalue weighted by Crippen LogP contribution is -2.42. The highest BCUT2D eigenvalue weighted by atomic mass is 16.5. The minimum absolute atomic E-state index is 0.158. The summed E-state index contributed by atoms with van der Waals surface area (Å²) in [4.78, 5) is 49.6. The quantitative estimate of drug-likeness (QED) is 0.534. The fourth-order valence-electron chi connectivity index (χ4n) is 2.89. The van der Waals surface area contributed by atoms with Crippen LogP contribution in [0.15, 0.2) is 47.1 Å². The smallest absolute Gasteiger partial charge is 0.326 e. The number of ether oxygens (including phenoxy) is 1. The number of hydrogen-bond acceptors (Lipinski definition) is 6. The van der Waals surface area contributed by atoms with E-state index in [-0.39, 0.29) is 6.54 Å². The zero-order valence-corrected chi connectivity index (χ0v) is 16.1. The Labute approximate surface area is 167 Å². The molecule has 1 fully saturated rings. The van der Waals surface area contributed by atoms with Crippen LogP contribution < -0.4 is 10.6 Å². The molecular weight excluding hydrogens is 378 g/mol. The predicted octanol–water partition coefficient (Wildman–Crippen LogP) is 1.21. The maximum absolute atomic E-state index is 12.8. The molecule has 1 saturated heterocycles. The summed E-state index contributed by atoms with van der Waals surface area (Å²) in [6, 6.07) is 9.84. The Balaban J connectivity index is 1.53. The summed E-state index contributed by atoms with van der Waals surface area (Å²) in [6.45, 7) is 2.53. The Bertz CT molecular complexity index is 922. The normalized spacial score (nSPS) is 18.5. The van der Waals surface area contributed by atoms with E-state index < -0.39 is 42.5 Å². The molecule has 0 saturated carbocycles. The minimum atomic E-state index is -1.27. The van der Waals surface area contributed by atoms with E-state index in [0.717, 1.165) is 10.5 Å². The summed E-state index contributed by atoms with van der Waals surface area (Å²) in [7, 11) is 0. The molecule has 2 N–H and O–H groups in total. The van der Waals surface area contributed by atoms with Crippen LogP contribution in [0.2, 0.25) is 0 Å². The Morgan fingerprint density at radius 1 is 1.21 bits per heavy atom. The van der Waals surface area contributed by atoms with Gasteiger partial charge in [0.1, 0.15) is 17.8 Å². The molecule has 0 aliphatic carbocycles. The number of amides is 4. The van der Waals surface area contributed by atoms with Gasteiger partial charge in [0.05, 0.1) is 12.8 Å². The molecule has 1 atom stereocenters. The highest BCUT2D eigenvalue weighted by molar-refractivity contribution is 6.08. The van der Waals surface area contributed by atoms with E-state index in [0.29, 0.717) is 11.3 Å². The molecular formula is C20H21N3O6. The molecule has 1 aromatic carbocycles. The van der Waals surface area contributed by atoms with Crippen molar-refractivity contribution in [2.45, 2.75) is 25.9 Å². The van der Waals surface area contributed by atoms with E-state index in [9.17, 15) is 19.2 Å². The van der Waals surface area contributed by atoms with Crippen LogP contribution in [-0.2, 0) is 31.2 Å². The van der Waals surface area contributed by atoms with Crippen LogP contribution in [0, 0.1) is 6.92 Å². The second kappa shape index (κ2) is 8.17. The number of carbonyl (C=O) groups excluding carboxylic acids is 4. The van der Waals surface area contributed by atoms with Crippen LogP contribution in [0.3, 0.4) is 0 Å². The van der Waals surface area contributed by atoms with Gasteiger partial charge in [-0.1, -0.05) is 29.8 Å². The molecule has 1 aliphatic rings. The number of furan rings is 1. The summed E-state index contributed by atoms with van der Waals surface area (Å²) in [5, 5.41) is 5.13. The van der Waals surface area contributed by atoms with Crippen molar-refractivity contribution in [1.29, 1.82) is 0 Å². The zero-order valence-electron chi connectivity index (χ0n) is 16.1. The maximum atomic E-state index is 12.8. The van der Waals surface area contributed by atoms with E-state index in [1.165, 1.54) is 6.26 Å². The SMILES string of the molecule is Cc1ccc([C@]2(C)NC(=O)N(CC(=O)OCC(=O)NCc3ccco3)C2=O)cc1. The van der Waals surface area contributed by atoms with Gasteiger partial charge < -0.3 is 19.8 Å². The number of hydrogen-bond donors (Lipinski definition) is 2. The highest BCUT2D eigenvalue weighted by Crippen LogP contribution is 2.28. The largest absolute Gasteiger partial charge is 0.467 e. The highest BCUT2D eigenvalue weighted by Gasteiger charge is 2.49. The minimum Gasteiger partial charge on any atom is -0.467 e. The lowest BCUT2D eigenvalue weighted by molar-refractivity contribution is -0.151. The molecule has 2 aromatic rings. The Morgan fingerprint density at radius 2 is 1.93 bits per heavy atom. The Hall–Kier alpha value is -3.62. The molecule has 3 rings (SSSR count). The number of nitrogens with zero attached hydrogens (tertiary/aromatic N) is 1. The van der Waals surface area contributed by atoms with Crippen LogP contribution in [0.25, 0.3) is 0 Å². The maximum Gasteiger partial charge on any atom is 0.326 e. The Kier molecular flexibility index (Phi) is 5.67. The number of nitrogens with one attached hydrogen (secondary N) is 2.